The van der Waals surface area contributed by atoms with Crippen LogP contribution in [0.2, 0.25) is 0 Å². The van der Waals surface area contributed by atoms with E-state index in [0.29, 0.717) is 6.54 Å². The minimum Gasteiger partial charge on any atom is -0.497 e. The molecule has 2 heterocycles. The van der Waals surface area contributed by atoms with Crippen molar-refractivity contribution in [2.45, 2.75) is 44.6 Å². The van der Waals surface area contributed by atoms with E-state index in [-0.39, 0.29) is 11.8 Å². The van der Waals surface area contributed by atoms with Gasteiger partial charge in [-0.2, -0.15) is 0 Å². The van der Waals surface area contributed by atoms with Crippen molar-refractivity contribution in [3.05, 3.63) is 59.7 Å². The number of benzene rings is 2. The quantitative estimate of drug-likeness (QED) is 0.389. The first-order chi connectivity index (χ1) is 15.7. The zero-order chi connectivity index (χ0) is 22.2. The number of carbonyl (C=O) groups is 1. The lowest BCUT2D eigenvalue weighted by atomic mass is 10.0. The van der Waals surface area contributed by atoms with Crippen molar-refractivity contribution >= 4 is 5.78 Å². The van der Waals surface area contributed by atoms with E-state index in [1.165, 1.54) is 37.9 Å². The first-order valence-electron chi connectivity index (χ1n) is 12.1. The maximum atomic E-state index is 12.8. The third kappa shape index (κ3) is 6.11. The van der Waals surface area contributed by atoms with Crippen LogP contribution in [0.15, 0.2) is 48.5 Å². The molecule has 1 unspecified atom stereocenters. The Hall–Kier alpha value is -2.37. The summed E-state index contributed by atoms with van der Waals surface area (Å²) in [5.74, 6) is 1.87. The summed E-state index contributed by atoms with van der Waals surface area (Å²) in [6.07, 6.45) is 7.30. The largest absolute Gasteiger partial charge is 0.497 e. The number of Topliss-reactive ketones (excluding diaryl/α,β-unsaturated/α-hetero) is 1. The van der Waals surface area contributed by atoms with Gasteiger partial charge in [-0.1, -0.05) is 18.6 Å². The number of methoxy groups -OCH3 is 1. The van der Waals surface area contributed by atoms with Crippen LogP contribution in [0.25, 0.3) is 0 Å². The summed E-state index contributed by atoms with van der Waals surface area (Å²) in [6.45, 7) is 5.75. The van der Waals surface area contributed by atoms with E-state index in [2.05, 4.69) is 28.0 Å². The minimum absolute atomic E-state index is 0.157. The van der Waals surface area contributed by atoms with Gasteiger partial charge >= 0.3 is 0 Å². The van der Waals surface area contributed by atoms with Crippen molar-refractivity contribution in [2.75, 3.05) is 46.4 Å². The van der Waals surface area contributed by atoms with Crippen LogP contribution in [0.5, 0.6) is 11.5 Å². The Morgan fingerprint density at radius 2 is 1.78 bits per heavy atom. The van der Waals surface area contributed by atoms with Crippen LogP contribution in [0.4, 0.5) is 0 Å². The zero-order valence-corrected chi connectivity index (χ0v) is 19.3. The Kier molecular flexibility index (Phi) is 8.18. The molecule has 0 aliphatic carbocycles. The molecule has 0 N–H and O–H groups in total. The summed E-state index contributed by atoms with van der Waals surface area (Å²) in [6, 6.07) is 16.1. The molecule has 0 spiro atoms. The molecule has 5 nitrogen and oxygen atoms in total. The monoisotopic (exact) mass is 436 g/mol. The van der Waals surface area contributed by atoms with Crippen molar-refractivity contribution in [2.24, 2.45) is 0 Å². The highest BCUT2D eigenvalue weighted by Gasteiger charge is 2.28. The molecular formula is C27H36N2O3. The van der Waals surface area contributed by atoms with Gasteiger partial charge in [-0.15, -0.1) is 0 Å². The fourth-order valence-corrected chi connectivity index (χ4v) is 4.92. The van der Waals surface area contributed by atoms with Crippen LogP contribution < -0.4 is 9.47 Å². The maximum absolute atomic E-state index is 12.8. The molecule has 0 amide bonds. The predicted octanol–water partition coefficient (Wildman–Crippen LogP) is 4.97. The number of rotatable bonds is 10. The predicted molar refractivity (Wildman–Crippen MR) is 128 cm³/mol. The molecule has 1 atom stereocenters. The molecule has 0 saturated carbocycles. The highest BCUT2D eigenvalue weighted by atomic mass is 16.5. The summed E-state index contributed by atoms with van der Waals surface area (Å²) >= 11 is 0. The van der Waals surface area contributed by atoms with E-state index in [1.807, 2.05) is 30.3 Å². The van der Waals surface area contributed by atoms with Gasteiger partial charge in [0.15, 0.2) is 5.78 Å². The molecule has 2 aromatic carbocycles. The van der Waals surface area contributed by atoms with Gasteiger partial charge in [0.05, 0.1) is 20.3 Å². The van der Waals surface area contributed by atoms with E-state index >= 15 is 0 Å². The molecule has 2 fully saturated rings. The SMILES string of the molecule is COc1ccc(C(=O)CN2CCCC2c2cccc(OCCCN3CCCCC3)c2)cc1. The summed E-state index contributed by atoms with van der Waals surface area (Å²) in [7, 11) is 1.64. The lowest BCUT2D eigenvalue weighted by molar-refractivity contribution is 0.0921. The van der Waals surface area contributed by atoms with Crippen molar-refractivity contribution < 1.29 is 14.3 Å². The van der Waals surface area contributed by atoms with Crippen LogP contribution in [0.1, 0.15) is 60.5 Å². The topological polar surface area (TPSA) is 42.0 Å². The second kappa shape index (κ2) is 11.5. The van der Waals surface area contributed by atoms with Gasteiger partial charge < -0.3 is 14.4 Å². The first kappa shape index (κ1) is 22.8. The molecule has 172 valence electrons. The third-order valence-corrected chi connectivity index (χ3v) is 6.70. The Labute approximate surface area is 192 Å². The van der Waals surface area contributed by atoms with Crippen LogP contribution in [-0.4, -0.2) is 62.0 Å². The highest BCUT2D eigenvalue weighted by molar-refractivity contribution is 5.97. The van der Waals surface area contributed by atoms with Crippen molar-refractivity contribution in [1.29, 1.82) is 0 Å². The average molecular weight is 437 g/mol. The van der Waals surface area contributed by atoms with Crippen LogP contribution >= 0.6 is 0 Å². The molecule has 2 aromatic rings. The number of likely N-dealkylation sites (tertiary alicyclic amines) is 2. The third-order valence-electron chi connectivity index (χ3n) is 6.70. The van der Waals surface area contributed by atoms with Crippen molar-refractivity contribution in [3.8, 4) is 11.5 Å². The Bertz CT molecular complexity index is 861. The van der Waals surface area contributed by atoms with Gasteiger partial charge in [0.1, 0.15) is 11.5 Å². The van der Waals surface area contributed by atoms with E-state index in [4.69, 9.17) is 9.47 Å². The van der Waals surface area contributed by atoms with E-state index in [0.717, 1.165) is 56.0 Å². The fraction of sp³-hybridized carbons (Fsp3) is 0.519. The van der Waals surface area contributed by atoms with Crippen molar-refractivity contribution in [3.63, 3.8) is 0 Å². The molecule has 32 heavy (non-hydrogen) atoms. The number of ketones is 1. The van der Waals surface area contributed by atoms with Crippen LogP contribution in [-0.2, 0) is 0 Å². The van der Waals surface area contributed by atoms with E-state index < -0.39 is 0 Å². The molecule has 5 heteroatoms. The Balaban J connectivity index is 1.30. The van der Waals surface area contributed by atoms with Crippen LogP contribution in [0.3, 0.4) is 0 Å². The average Bonchev–Trinajstić information content (AvgIpc) is 3.31. The number of hydrogen-bond donors (Lipinski definition) is 0. The fourth-order valence-electron chi connectivity index (χ4n) is 4.92. The summed E-state index contributed by atoms with van der Waals surface area (Å²) in [5, 5.41) is 0. The van der Waals surface area contributed by atoms with Gasteiger partial charge in [-0.3, -0.25) is 9.69 Å². The van der Waals surface area contributed by atoms with Gasteiger partial charge in [-0.25, -0.2) is 0 Å². The molecular weight excluding hydrogens is 400 g/mol. The number of hydrogen-bond acceptors (Lipinski definition) is 5. The summed E-state index contributed by atoms with van der Waals surface area (Å²) in [5.41, 5.74) is 1.99. The number of ether oxygens (including phenoxy) is 2. The number of piperidine rings is 1. The number of carbonyl (C=O) groups excluding carboxylic acids is 1. The molecule has 2 aliphatic rings. The molecule has 2 saturated heterocycles. The summed E-state index contributed by atoms with van der Waals surface area (Å²) in [4.78, 5) is 17.7. The zero-order valence-electron chi connectivity index (χ0n) is 19.3. The van der Waals surface area contributed by atoms with Gasteiger partial charge in [0.25, 0.3) is 0 Å². The van der Waals surface area contributed by atoms with Gasteiger partial charge in [0.2, 0.25) is 0 Å². The minimum atomic E-state index is 0.157. The molecule has 0 bridgehead atoms. The van der Waals surface area contributed by atoms with Crippen molar-refractivity contribution in [1.82, 2.24) is 9.80 Å². The second-order valence-corrected chi connectivity index (χ2v) is 8.96. The molecule has 0 aromatic heterocycles. The van der Waals surface area contributed by atoms with Gasteiger partial charge in [-0.05, 0) is 93.7 Å². The lowest BCUT2D eigenvalue weighted by Gasteiger charge is -2.26. The number of nitrogens with zero attached hydrogens (tertiary/aromatic N) is 2. The van der Waals surface area contributed by atoms with E-state index in [9.17, 15) is 4.79 Å². The van der Waals surface area contributed by atoms with E-state index in [1.54, 1.807) is 7.11 Å². The van der Waals surface area contributed by atoms with Crippen LogP contribution in [0, 0.1) is 0 Å². The second-order valence-electron chi connectivity index (χ2n) is 8.96. The standard InChI is InChI=1S/C27H36N2O3/c1-31-24-13-11-22(12-14-24)27(30)21-29-18-6-10-26(29)23-8-5-9-25(20-23)32-19-7-17-28-15-3-2-4-16-28/h5,8-9,11-14,20,26H,2-4,6-7,10,15-19,21H2,1H3. The Morgan fingerprint density at radius 1 is 0.969 bits per heavy atom. The first-order valence-corrected chi connectivity index (χ1v) is 12.1. The molecule has 4 rings (SSSR count). The highest BCUT2D eigenvalue weighted by Crippen LogP contribution is 2.33. The van der Waals surface area contributed by atoms with Gasteiger partial charge in [0, 0.05) is 18.2 Å². The maximum Gasteiger partial charge on any atom is 0.176 e. The summed E-state index contributed by atoms with van der Waals surface area (Å²) < 4.78 is 11.3. The molecule has 0 radical (unpaired) electrons. The molecule has 2 aliphatic heterocycles. The lowest BCUT2D eigenvalue weighted by Crippen LogP contribution is -2.31. The Morgan fingerprint density at radius 3 is 2.56 bits per heavy atom. The normalized spacial score (nSPS) is 19.7. The smallest absolute Gasteiger partial charge is 0.176 e.